The molecule has 3 aromatic rings. The van der Waals surface area contributed by atoms with Crippen molar-refractivity contribution in [2.45, 2.75) is 13.8 Å². The fraction of sp³-hybridized carbons (Fsp3) is 0.150. The predicted molar refractivity (Wildman–Crippen MR) is 103 cm³/mol. The second-order valence-corrected chi connectivity index (χ2v) is 6.21. The van der Waals surface area contributed by atoms with E-state index in [9.17, 15) is 9.59 Å². The summed E-state index contributed by atoms with van der Waals surface area (Å²) < 4.78 is 1.57. The summed E-state index contributed by atoms with van der Waals surface area (Å²) in [6, 6.07) is 17.7. The molecule has 0 bridgehead atoms. The highest BCUT2D eigenvalue weighted by atomic mass is 35.5. The largest absolute Gasteiger partial charge is 0.307 e. The Morgan fingerprint density at radius 2 is 1.77 bits per heavy atom. The van der Waals surface area contributed by atoms with Crippen LogP contribution in [-0.2, 0) is 0 Å². The van der Waals surface area contributed by atoms with E-state index in [-0.39, 0.29) is 5.69 Å². The minimum absolute atomic E-state index is 0.115. The maximum Gasteiger partial charge on any atom is 0.282 e. The smallest absolute Gasteiger partial charge is 0.282 e. The molecule has 2 aromatic carbocycles. The van der Waals surface area contributed by atoms with Gasteiger partial charge in [-0.15, -0.1) is 0 Å². The maximum absolute atomic E-state index is 13.0. The first-order valence-corrected chi connectivity index (χ1v) is 8.63. The van der Waals surface area contributed by atoms with Gasteiger partial charge in [-0.05, 0) is 50.2 Å². The molecule has 6 heteroatoms. The first-order valence-electron chi connectivity index (χ1n) is 8.25. The molecule has 0 fully saturated rings. The first-order chi connectivity index (χ1) is 12.5. The van der Waals surface area contributed by atoms with Crippen molar-refractivity contribution in [1.82, 2.24) is 9.78 Å². The number of benzene rings is 2. The molecule has 5 nitrogen and oxygen atoms in total. The lowest BCUT2D eigenvalue weighted by atomic mass is 10.2. The molecule has 0 unspecified atom stereocenters. The first kappa shape index (κ1) is 17.9. The summed E-state index contributed by atoms with van der Waals surface area (Å²) >= 11 is 5.93. The highest BCUT2D eigenvalue weighted by Crippen LogP contribution is 2.17. The molecular weight excluding hydrogens is 350 g/mol. The van der Waals surface area contributed by atoms with Gasteiger partial charge in [0.2, 0.25) is 5.43 Å². The number of carbonyl (C=O) groups excluding carboxylic acids is 1. The third kappa shape index (κ3) is 3.53. The van der Waals surface area contributed by atoms with E-state index in [1.54, 1.807) is 35.9 Å². The number of nitrogens with zero attached hydrogens (tertiary/aromatic N) is 3. The van der Waals surface area contributed by atoms with Gasteiger partial charge in [0.1, 0.15) is 0 Å². The summed E-state index contributed by atoms with van der Waals surface area (Å²) in [4.78, 5) is 26.9. The number of carbonyl (C=O) groups is 1. The van der Waals surface area contributed by atoms with Crippen LogP contribution in [0.5, 0.6) is 0 Å². The summed E-state index contributed by atoms with van der Waals surface area (Å²) in [5.74, 6) is -0.425. The number of hydrogen-bond donors (Lipinski definition) is 0. The van der Waals surface area contributed by atoms with Crippen LogP contribution in [0.2, 0.25) is 5.02 Å². The number of para-hydroxylation sites is 1. The number of halogens is 1. The summed E-state index contributed by atoms with van der Waals surface area (Å²) in [7, 11) is 0. The van der Waals surface area contributed by atoms with Crippen LogP contribution < -0.4 is 10.3 Å². The highest BCUT2D eigenvalue weighted by molar-refractivity contribution is 6.30. The van der Waals surface area contributed by atoms with Crippen molar-refractivity contribution in [3.63, 3.8) is 0 Å². The SMILES string of the molecule is CCN(C(=O)c1nn(-c2ccc(Cl)cc2)c(C)cc1=O)c1ccccc1. The number of aromatic nitrogens is 2. The fourth-order valence-electron chi connectivity index (χ4n) is 2.72. The number of aryl methyl sites for hydroxylation is 1. The summed E-state index contributed by atoms with van der Waals surface area (Å²) in [5.41, 5.74) is 1.57. The van der Waals surface area contributed by atoms with E-state index in [0.29, 0.717) is 17.3 Å². The lowest BCUT2D eigenvalue weighted by Gasteiger charge is -2.21. The second-order valence-electron chi connectivity index (χ2n) is 5.77. The third-order valence-electron chi connectivity index (χ3n) is 4.01. The van der Waals surface area contributed by atoms with Crippen LogP contribution in [0.1, 0.15) is 23.1 Å². The molecule has 0 aliphatic heterocycles. The molecule has 0 radical (unpaired) electrons. The molecule has 1 heterocycles. The number of amides is 1. The van der Waals surface area contributed by atoms with Gasteiger partial charge in [-0.2, -0.15) is 5.10 Å². The molecule has 3 rings (SSSR count). The monoisotopic (exact) mass is 367 g/mol. The van der Waals surface area contributed by atoms with Crippen molar-refractivity contribution in [1.29, 1.82) is 0 Å². The molecule has 0 N–H and O–H groups in total. The average Bonchev–Trinajstić information content (AvgIpc) is 2.64. The minimum atomic E-state index is -0.425. The summed E-state index contributed by atoms with van der Waals surface area (Å²) in [6.07, 6.45) is 0. The molecular formula is C20H18ClN3O2. The van der Waals surface area contributed by atoms with Crippen LogP contribution >= 0.6 is 11.6 Å². The van der Waals surface area contributed by atoms with Crippen LogP contribution in [0.4, 0.5) is 5.69 Å². The van der Waals surface area contributed by atoms with Crippen molar-refractivity contribution < 1.29 is 4.79 Å². The van der Waals surface area contributed by atoms with Crippen LogP contribution in [0, 0.1) is 6.92 Å². The number of rotatable bonds is 4. The van der Waals surface area contributed by atoms with Crippen molar-refractivity contribution in [2.75, 3.05) is 11.4 Å². The van der Waals surface area contributed by atoms with Gasteiger partial charge in [0.25, 0.3) is 5.91 Å². The van der Waals surface area contributed by atoms with Gasteiger partial charge in [0.15, 0.2) is 5.69 Å². The van der Waals surface area contributed by atoms with Crippen molar-refractivity contribution >= 4 is 23.2 Å². The van der Waals surface area contributed by atoms with Crippen LogP contribution in [0.15, 0.2) is 65.5 Å². The van der Waals surface area contributed by atoms with E-state index in [1.807, 2.05) is 37.3 Å². The van der Waals surface area contributed by atoms with E-state index >= 15 is 0 Å². The second kappa shape index (κ2) is 7.54. The average molecular weight is 368 g/mol. The van der Waals surface area contributed by atoms with Gasteiger partial charge in [-0.25, -0.2) is 4.68 Å². The van der Waals surface area contributed by atoms with Gasteiger partial charge in [-0.3, -0.25) is 9.59 Å². The van der Waals surface area contributed by atoms with E-state index in [0.717, 1.165) is 11.4 Å². The Bertz CT molecular complexity index is 982. The standard InChI is InChI=1S/C20H18ClN3O2/c1-3-23(16-7-5-4-6-8-16)20(26)19-18(25)13-14(2)24(22-19)17-11-9-15(21)10-12-17/h4-13H,3H2,1-2H3. The molecule has 0 saturated heterocycles. The van der Waals surface area contributed by atoms with Gasteiger partial charge in [0.05, 0.1) is 5.69 Å². The number of anilines is 1. The molecule has 0 atom stereocenters. The fourth-order valence-corrected chi connectivity index (χ4v) is 2.84. The molecule has 0 aliphatic carbocycles. The van der Waals surface area contributed by atoms with Crippen molar-refractivity contribution in [3.8, 4) is 5.69 Å². The van der Waals surface area contributed by atoms with Gasteiger partial charge in [0, 0.05) is 29.0 Å². The lowest BCUT2D eigenvalue weighted by Crippen LogP contribution is -2.36. The summed E-state index contributed by atoms with van der Waals surface area (Å²) in [5, 5.41) is 4.94. The minimum Gasteiger partial charge on any atom is -0.307 e. The quantitative estimate of drug-likeness (QED) is 0.703. The Hall–Kier alpha value is -2.92. The van der Waals surface area contributed by atoms with Gasteiger partial charge < -0.3 is 4.90 Å². The third-order valence-corrected chi connectivity index (χ3v) is 4.26. The Labute approximate surface area is 156 Å². The van der Waals surface area contributed by atoms with Gasteiger partial charge in [-0.1, -0.05) is 29.8 Å². The van der Waals surface area contributed by atoms with E-state index in [4.69, 9.17) is 11.6 Å². The molecule has 0 spiro atoms. The topological polar surface area (TPSA) is 55.2 Å². The molecule has 0 aliphatic rings. The summed E-state index contributed by atoms with van der Waals surface area (Å²) in [6.45, 7) is 4.06. The maximum atomic E-state index is 13.0. The lowest BCUT2D eigenvalue weighted by molar-refractivity contribution is 0.0980. The Morgan fingerprint density at radius 1 is 1.12 bits per heavy atom. The van der Waals surface area contributed by atoms with Crippen molar-refractivity contribution in [2.24, 2.45) is 0 Å². The molecule has 26 heavy (non-hydrogen) atoms. The van der Waals surface area contributed by atoms with Crippen LogP contribution in [0.3, 0.4) is 0 Å². The molecule has 132 valence electrons. The predicted octanol–water partition coefficient (Wildman–Crippen LogP) is 3.86. The van der Waals surface area contributed by atoms with E-state index < -0.39 is 11.3 Å². The normalized spacial score (nSPS) is 10.6. The van der Waals surface area contributed by atoms with Crippen molar-refractivity contribution in [3.05, 3.63) is 87.3 Å². The molecule has 1 aromatic heterocycles. The Balaban J connectivity index is 2.07. The highest BCUT2D eigenvalue weighted by Gasteiger charge is 2.22. The molecule has 0 saturated carbocycles. The van der Waals surface area contributed by atoms with Crippen LogP contribution in [-0.4, -0.2) is 22.2 Å². The van der Waals surface area contributed by atoms with Crippen LogP contribution in [0.25, 0.3) is 5.69 Å². The Kier molecular flexibility index (Phi) is 5.19. The van der Waals surface area contributed by atoms with Gasteiger partial charge >= 0.3 is 0 Å². The zero-order valence-corrected chi connectivity index (χ0v) is 15.3. The van der Waals surface area contributed by atoms with E-state index in [1.165, 1.54) is 11.0 Å². The molecule has 1 amide bonds. The number of hydrogen-bond acceptors (Lipinski definition) is 3. The Morgan fingerprint density at radius 3 is 2.38 bits per heavy atom. The zero-order chi connectivity index (χ0) is 18.7. The van der Waals surface area contributed by atoms with E-state index in [2.05, 4.69) is 5.10 Å². The zero-order valence-electron chi connectivity index (χ0n) is 14.5.